The van der Waals surface area contributed by atoms with Crippen molar-refractivity contribution in [3.05, 3.63) is 11.7 Å². The van der Waals surface area contributed by atoms with E-state index in [9.17, 15) is 0 Å². The smallest absolute Gasteiger partial charge is 0.229 e. The van der Waals surface area contributed by atoms with Crippen molar-refractivity contribution < 1.29 is 4.52 Å². The van der Waals surface area contributed by atoms with Crippen molar-refractivity contribution in [1.82, 2.24) is 10.1 Å². The van der Waals surface area contributed by atoms with Crippen LogP contribution in [0.15, 0.2) is 4.52 Å². The Bertz CT molecular complexity index is 389. The molecule has 0 aliphatic heterocycles. The molecule has 3 rings (SSSR count). The highest BCUT2D eigenvalue weighted by atomic mass is 32.2. The normalized spacial score (nSPS) is 29.2. The molecule has 4 nitrogen and oxygen atoms in total. The fraction of sp³-hybridized carbons (Fsp3) is 0.846. The van der Waals surface area contributed by atoms with Gasteiger partial charge in [0.15, 0.2) is 5.82 Å². The van der Waals surface area contributed by atoms with Crippen molar-refractivity contribution >= 4 is 11.8 Å². The van der Waals surface area contributed by atoms with E-state index in [1.807, 2.05) is 11.8 Å². The first-order valence-corrected chi connectivity index (χ1v) is 8.06. The van der Waals surface area contributed by atoms with Gasteiger partial charge in [0.2, 0.25) is 5.89 Å². The number of hydrogen-bond donors (Lipinski definition) is 1. The van der Waals surface area contributed by atoms with Crippen molar-refractivity contribution in [2.24, 2.45) is 5.73 Å². The van der Waals surface area contributed by atoms with Crippen LogP contribution in [0.4, 0.5) is 0 Å². The summed E-state index contributed by atoms with van der Waals surface area (Å²) in [5.74, 6) is 2.97. The molecule has 100 valence electrons. The second-order valence-electron chi connectivity index (χ2n) is 5.54. The van der Waals surface area contributed by atoms with Gasteiger partial charge in [-0.05, 0) is 32.1 Å². The lowest BCUT2D eigenvalue weighted by atomic mass is 10.1. The van der Waals surface area contributed by atoms with Gasteiger partial charge in [0, 0.05) is 17.2 Å². The first-order chi connectivity index (χ1) is 8.81. The van der Waals surface area contributed by atoms with Crippen molar-refractivity contribution in [2.45, 2.75) is 67.9 Å². The minimum Gasteiger partial charge on any atom is -0.339 e. The first kappa shape index (κ1) is 12.5. The zero-order chi connectivity index (χ0) is 12.4. The van der Waals surface area contributed by atoms with Gasteiger partial charge < -0.3 is 10.3 Å². The SMILES string of the molecule is NC1CCC(c2nc(CSC3CCCC3)no2)C1. The average Bonchev–Trinajstić information content (AvgIpc) is 3.07. The second kappa shape index (κ2) is 5.61. The molecule has 0 amide bonds. The summed E-state index contributed by atoms with van der Waals surface area (Å²) >= 11 is 1.98. The summed E-state index contributed by atoms with van der Waals surface area (Å²) in [5.41, 5.74) is 5.92. The molecule has 2 unspecified atom stereocenters. The number of thioether (sulfide) groups is 1. The average molecular weight is 267 g/mol. The molecular formula is C13H21N3OS. The molecule has 2 fully saturated rings. The predicted octanol–water partition coefficient (Wildman–Crippen LogP) is 2.84. The van der Waals surface area contributed by atoms with Gasteiger partial charge in [0.1, 0.15) is 0 Å². The molecule has 2 atom stereocenters. The molecule has 5 heteroatoms. The first-order valence-electron chi connectivity index (χ1n) is 7.01. The lowest BCUT2D eigenvalue weighted by Crippen LogP contribution is -2.14. The molecule has 1 aromatic rings. The van der Waals surface area contributed by atoms with Gasteiger partial charge in [-0.3, -0.25) is 0 Å². The van der Waals surface area contributed by atoms with Crippen molar-refractivity contribution in [2.75, 3.05) is 0 Å². The molecular weight excluding hydrogens is 246 g/mol. The summed E-state index contributed by atoms with van der Waals surface area (Å²) in [4.78, 5) is 4.53. The van der Waals surface area contributed by atoms with Crippen molar-refractivity contribution in [3.8, 4) is 0 Å². The third-order valence-corrected chi connectivity index (χ3v) is 5.42. The highest BCUT2D eigenvalue weighted by molar-refractivity contribution is 7.99. The van der Waals surface area contributed by atoms with E-state index < -0.39 is 0 Å². The minimum absolute atomic E-state index is 0.318. The number of nitrogens with zero attached hydrogens (tertiary/aromatic N) is 2. The number of hydrogen-bond acceptors (Lipinski definition) is 5. The van der Waals surface area contributed by atoms with Crippen molar-refractivity contribution in [1.29, 1.82) is 0 Å². The van der Waals surface area contributed by atoms with E-state index in [1.54, 1.807) is 0 Å². The van der Waals surface area contributed by atoms with E-state index >= 15 is 0 Å². The highest BCUT2D eigenvalue weighted by Gasteiger charge is 2.28. The van der Waals surface area contributed by atoms with Crippen LogP contribution in [0.25, 0.3) is 0 Å². The molecule has 2 N–H and O–H groups in total. The van der Waals surface area contributed by atoms with Crippen LogP contribution in [0, 0.1) is 0 Å². The Hall–Kier alpha value is -0.550. The van der Waals surface area contributed by atoms with Crippen LogP contribution >= 0.6 is 11.8 Å². The molecule has 0 aromatic carbocycles. The maximum Gasteiger partial charge on any atom is 0.229 e. The zero-order valence-corrected chi connectivity index (χ0v) is 11.5. The van der Waals surface area contributed by atoms with Gasteiger partial charge in [-0.2, -0.15) is 16.7 Å². The number of rotatable bonds is 4. The van der Waals surface area contributed by atoms with Crippen molar-refractivity contribution in [3.63, 3.8) is 0 Å². The predicted molar refractivity (Wildman–Crippen MR) is 72.4 cm³/mol. The van der Waals surface area contributed by atoms with Crippen LogP contribution in [0.5, 0.6) is 0 Å². The second-order valence-corrected chi connectivity index (χ2v) is 6.83. The van der Waals surface area contributed by atoms with E-state index in [4.69, 9.17) is 10.3 Å². The van der Waals surface area contributed by atoms with E-state index in [2.05, 4.69) is 10.1 Å². The van der Waals surface area contributed by atoms with Gasteiger partial charge in [-0.1, -0.05) is 18.0 Å². The quantitative estimate of drug-likeness (QED) is 0.908. The Labute approximate surface area is 112 Å². The molecule has 2 aliphatic carbocycles. The maximum absolute atomic E-state index is 5.92. The molecule has 18 heavy (non-hydrogen) atoms. The summed E-state index contributed by atoms with van der Waals surface area (Å²) in [6.07, 6.45) is 8.65. The Balaban J connectivity index is 1.52. The largest absolute Gasteiger partial charge is 0.339 e. The maximum atomic E-state index is 5.92. The van der Waals surface area contributed by atoms with Gasteiger partial charge in [0.05, 0.1) is 5.75 Å². The molecule has 1 heterocycles. The minimum atomic E-state index is 0.318. The Morgan fingerprint density at radius 2 is 2.06 bits per heavy atom. The van der Waals surface area contributed by atoms with Gasteiger partial charge in [-0.25, -0.2) is 0 Å². The summed E-state index contributed by atoms with van der Waals surface area (Å²) in [5, 5.41) is 4.91. The highest BCUT2D eigenvalue weighted by Crippen LogP contribution is 2.34. The van der Waals surface area contributed by atoms with E-state index in [0.29, 0.717) is 12.0 Å². The van der Waals surface area contributed by atoms with Crippen LogP contribution in [-0.2, 0) is 5.75 Å². The Morgan fingerprint density at radius 1 is 1.22 bits per heavy atom. The fourth-order valence-electron chi connectivity index (χ4n) is 2.98. The lowest BCUT2D eigenvalue weighted by molar-refractivity contribution is 0.350. The van der Waals surface area contributed by atoms with E-state index in [0.717, 1.165) is 42.0 Å². The van der Waals surface area contributed by atoms with Crippen LogP contribution in [0.3, 0.4) is 0 Å². The third kappa shape index (κ3) is 2.88. The van der Waals surface area contributed by atoms with E-state index in [1.165, 1.54) is 25.7 Å². The summed E-state index contributed by atoms with van der Waals surface area (Å²) in [6.45, 7) is 0. The van der Waals surface area contributed by atoms with Gasteiger partial charge >= 0.3 is 0 Å². The monoisotopic (exact) mass is 267 g/mol. The summed E-state index contributed by atoms with van der Waals surface area (Å²) in [7, 11) is 0. The summed E-state index contributed by atoms with van der Waals surface area (Å²) in [6, 6.07) is 0.318. The van der Waals surface area contributed by atoms with Gasteiger partial charge in [0.25, 0.3) is 0 Å². The molecule has 0 saturated heterocycles. The molecule has 2 aliphatic rings. The van der Waals surface area contributed by atoms with Crippen LogP contribution in [0.1, 0.15) is 62.6 Å². The molecule has 0 radical (unpaired) electrons. The number of nitrogens with two attached hydrogens (primary N) is 1. The zero-order valence-electron chi connectivity index (χ0n) is 10.7. The molecule has 0 spiro atoms. The topological polar surface area (TPSA) is 64.9 Å². The summed E-state index contributed by atoms with van der Waals surface area (Å²) < 4.78 is 5.38. The van der Waals surface area contributed by atoms with Crippen LogP contribution in [0.2, 0.25) is 0 Å². The van der Waals surface area contributed by atoms with Crippen LogP contribution < -0.4 is 5.73 Å². The third-order valence-electron chi connectivity index (χ3n) is 4.06. The Kier molecular flexibility index (Phi) is 3.89. The Morgan fingerprint density at radius 3 is 2.78 bits per heavy atom. The van der Waals surface area contributed by atoms with E-state index in [-0.39, 0.29) is 0 Å². The standard InChI is InChI=1S/C13H21N3OS/c14-10-6-5-9(7-10)13-15-12(16-17-13)8-18-11-3-1-2-4-11/h9-11H,1-8,14H2. The number of aromatic nitrogens is 2. The molecule has 2 saturated carbocycles. The fourth-order valence-corrected chi connectivity index (χ4v) is 4.15. The molecule has 1 aromatic heterocycles. The van der Waals surface area contributed by atoms with Gasteiger partial charge in [-0.15, -0.1) is 0 Å². The lowest BCUT2D eigenvalue weighted by Gasteiger charge is -2.05. The van der Waals surface area contributed by atoms with Crippen LogP contribution in [-0.4, -0.2) is 21.4 Å². The molecule has 0 bridgehead atoms.